The third-order valence-corrected chi connectivity index (χ3v) is 4.83. The number of nitro groups is 1. The molecule has 0 bridgehead atoms. The van der Waals surface area contributed by atoms with E-state index < -0.39 is 4.92 Å². The van der Waals surface area contributed by atoms with Gasteiger partial charge in [0.25, 0.3) is 5.69 Å². The lowest BCUT2D eigenvalue weighted by atomic mass is 10.1. The number of anilines is 2. The van der Waals surface area contributed by atoms with Gasteiger partial charge in [0.1, 0.15) is 23.6 Å². The third kappa shape index (κ3) is 4.06. The predicted octanol–water partition coefficient (Wildman–Crippen LogP) is 4.13. The molecule has 4 rings (SSSR count). The third-order valence-electron chi connectivity index (χ3n) is 4.27. The van der Waals surface area contributed by atoms with Crippen LogP contribution in [0.5, 0.6) is 0 Å². The van der Waals surface area contributed by atoms with Crippen LogP contribution in [0.3, 0.4) is 0 Å². The number of halogens is 2. The largest absolute Gasteiger partial charge is 0.368 e. The van der Waals surface area contributed by atoms with Gasteiger partial charge in [0, 0.05) is 30.8 Å². The van der Waals surface area contributed by atoms with Gasteiger partial charge in [0.2, 0.25) is 0 Å². The standard InChI is InChI=1S/C19H15BrFN7O2/c20-14-11-25-27-18(9-16(26-19(14)27)13-3-1-2-4-15(13)21)23-8-7-22-17-6-5-12(10-24-17)28(29)30/h1-6,9-11,23H,7-8H2,(H,22,24). The molecule has 0 atom stereocenters. The first-order chi connectivity index (χ1) is 14.5. The van der Waals surface area contributed by atoms with Crippen molar-refractivity contribution in [1.82, 2.24) is 19.6 Å². The van der Waals surface area contributed by atoms with Crippen molar-refractivity contribution < 1.29 is 9.31 Å². The summed E-state index contributed by atoms with van der Waals surface area (Å²) in [5.74, 6) is 0.806. The van der Waals surface area contributed by atoms with E-state index in [1.165, 1.54) is 18.3 Å². The van der Waals surface area contributed by atoms with Crippen LogP contribution < -0.4 is 10.6 Å². The average Bonchev–Trinajstić information content (AvgIpc) is 3.12. The minimum Gasteiger partial charge on any atom is -0.368 e. The number of nitrogens with one attached hydrogen (secondary N) is 2. The maximum atomic E-state index is 14.3. The molecule has 0 saturated carbocycles. The molecule has 152 valence electrons. The van der Waals surface area contributed by atoms with Crippen LogP contribution in [0, 0.1) is 15.9 Å². The van der Waals surface area contributed by atoms with E-state index in [1.807, 2.05) is 0 Å². The molecular formula is C19H15BrFN7O2. The summed E-state index contributed by atoms with van der Waals surface area (Å²) in [5, 5.41) is 21.3. The molecular weight excluding hydrogens is 457 g/mol. The van der Waals surface area contributed by atoms with E-state index in [1.54, 1.807) is 41.0 Å². The molecule has 4 aromatic rings. The highest BCUT2D eigenvalue weighted by molar-refractivity contribution is 9.10. The van der Waals surface area contributed by atoms with E-state index >= 15 is 0 Å². The zero-order valence-electron chi connectivity index (χ0n) is 15.4. The van der Waals surface area contributed by atoms with E-state index in [9.17, 15) is 14.5 Å². The maximum absolute atomic E-state index is 14.3. The number of pyridine rings is 1. The summed E-state index contributed by atoms with van der Waals surface area (Å²) in [5.41, 5.74) is 1.37. The molecule has 9 nitrogen and oxygen atoms in total. The molecule has 3 heterocycles. The first-order valence-electron chi connectivity index (χ1n) is 8.90. The second kappa shape index (κ2) is 8.41. The average molecular weight is 472 g/mol. The summed E-state index contributed by atoms with van der Waals surface area (Å²) in [7, 11) is 0. The Hall–Kier alpha value is -3.60. The number of aromatic nitrogens is 4. The Labute approximate surface area is 178 Å². The maximum Gasteiger partial charge on any atom is 0.287 e. The second-order valence-corrected chi connectivity index (χ2v) is 7.10. The molecule has 0 unspecified atom stereocenters. The lowest BCUT2D eigenvalue weighted by Crippen LogP contribution is -2.16. The lowest BCUT2D eigenvalue weighted by Gasteiger charge is -2.12. The zero-order valence-corrected chi connectivity index (χ0v) is 17.0. The molecule has 0 radical (unpaired) electrons. The number of benzene rings is 1. The predicted molar refractivity (Wildman–Crippen MR) is 114 cm³/mol. The van der Waals surface area contributed by atoms with Gasteiger partial charge in [0.15, 0.2) is 5.65 Å². The molecule has 30 heavy (non-hydrogen) atoms. The highest BCUT2D eigenvalue weighted by Crippen LogP contribution is 2.27. The Balaban J connectivity index is 1.51. The van der Waals surface area contributed by atoms with Crippen LogP contribution in [0.1, 0.15) is 0 Å². The molecule has 0 spiro atoms. The topological polar surface area (TPSA) is 110 Å². The van der Waals surface area contributed by atoms with Gasteiger partial charge in [-0.05, 0) is 34.1 Å². The summed E-state index contributed by atoms with van der Waals surface area (Å²) in [6.45, 7) is 0.984. The van der Waals surface area contributed by atoms with Gasteiger partial charge in [-0.1, -0.05) is 12.1 Å². The van der Waals surface area contributed by atoms with Crippen molar-refractivity contribution in [2.75, 3.05) is 23.7 Å². The van der Waals surface area contributed by atoms with Crippen LogP contribution in [0.15, 0.2) is 59.3 Å². The molecule has 3 aromatic heterocycles. The molecule has 0 saturated heterocycles. The van der Waals surface area contributed by atoms with Gasteiger partial charge in [-0.3, -0.25) is 10.1 Å². The first kappa shape index (κ1) is 19.7. The van der Waals surface area contributed by atoms with Crippen LogP contribution in [-0.4, -0.2) is 37.6 Å². The number of rotatable bonds is 7. The molecule has 0 amide bonds. The Morgan fingerprint density at radius 2 is 1.93 bits per heavy atom. The Morgan fingerprint density at radius 1 is 1.13 bits per heavy atom. The highest BCUT2D eigenvalue weighted by atomic mass is 79.9. The van der Waals surface area contributed by atoms with Crippen molar-refractivity contribution in [3.05, 3.63) is 75.3 Å². The fraction of sp³-hybridized carbons (Fsp3) is 0.105. The summed E-state index contributed by atoms with van der Waals surface area (Å²) >= 11 is 3.42. The number of nitrogens with zero attached hydrogens (tertiary/aromatic N) is 5. The summed E-state index contributed by atoms with van der Waals surface area (Å²) in [4.78, 5) is 18.7. The van der Waals surface area contributed by atoms with E-state index in [4.69, 9.17) is 0 Å². The SMILES string of the molecule is O=[N+]([O-])c1ccc(NCCNc2cc(-c3ccccc3F)nc3c(Br)cnn23)nc1. The van der Waals surface area contributed by atoms with Crippen molar-refractivity contribution in [2.24, 2.45) is 0 Å². The van der Waals surface area contributed by atoms with Crippen LogP contribution in [0.4, 0.5) is 21.7 Å². The summed E-state index contributed by atoms with van der Waals surface area (Å²) in [6, 6.07) is 11.1. The Morgan fingerprint density at radius 3 is 2.67 bits per heavy atom. The van der Waals surface area contributed by atoms with Gasteiger partial charge >= 0.3 is 0 Å². The smallest absolute Gasteiger partial charge is 0.287 e. The number of hydrogen-bond donors (Lipinski definition) is 2. The minimum atomic E-state index is -0.498. The Bertz CT molecular complexity index is 1210. The van der Waals surface area contributed by atoms with Crippen molar-refractivity contribution in [3.8, 4) is 11.3 Å². The van der Waals surface area contributed by atoms with Crippen molar-refractivity contribution in [1.29, 1.82) is 0 Å². The summed E-state index contributed by atoms with van der Waals surface area (Å²) in [6.07, 6.45) is 2.82. The molecule has 0 aliphatic carbocycles. The van der Waals surface area contributed by atoms with Gasteiger partial charge in [0.05, 0.1) is 21.3 Å². The van der Waals surface area contributed by atoms with Gasteiger partial charge in [-0.15, -0.1) is 0 Å². The molecule has 1 aromatic carbocycles. The first-order valence-corrected chi connectivity index (χ1v) is 9.69. The monoisotopic (exact) mass is 471 g/mol. The zero-order chi connectivity index (χ0) is 21.1. The van der Waals surface area contributed by atoms with Gasteiger partial charge in [-0.25, -0.2) is 14.4 Å². The van der Waals surface area contributed by atoms with Crippen LogP contribution in [-0.2, 0) is 0 Å². The quantitative estimate of drug-likeness (QED) is 0.237. The van der Waals surface area contributed by atoms with Crippen molar-refractivity contribution >= 4 is 38.9 Å². The number of fused-ring (bicyclic) bond motifs is 1. The van der Waals surface area contributed by atoms with Crippen LogP contribution >= 0.6 is 15.9 Å². The fourth-order valence-electron chi connectivity index (χ4n) is 2.85. The normalized spacial score (nSPS) is 10.9. The van der Waals surface area contributed by atoms with E-state index in [0.29, 0.717) is 46.1 Å². The molecule has 0 fully saturated rings. The fourth-order valence-corrected chi connectivity index (χ4v) is 3.20. The second-order valence-electron chi connectivity index (χ2n) is 6.25. The van der Waals surface area contributed by atoms with Crippen molar-refractivity contribution in [2.45, 2.75) is 0 Å². The lowest BCUT2D eigenvalue weighted by molar-refractivity contribution is -0.385. The van der Waals surface area contributed by atoms with Crippen LogP contribution in [0.25, 0.3) is 16.9 Å². The molecule has 0 aliphatic rings. The molecule has 2 N–H and O–H groups in total. The van der Waals surface area contributed by atoms with Crippen molar-refractivity contribution in [3.63, 3.8) is 0 Å². The van der Waals surface area contributed by atoms with Crippen LogP contribution in [0.2, 0.25) is 0 Å². The van der Waals surface area contributed by atoms with E-state index in [0.717, 1.165) is 0 Å². The highest BCUT2D eigenvalue weighted by Gasteiger charge is 2.13. The van der Waals surface area contributed by atoms with E-state index in [2.05, 4.69) is 41.6 Å². The Kier molecular flexibility index (Phi) is 5.53. The summed E-state index contributed by atoms with van der Waals surface area (Å²) < 4.78 is 16.6. The number of hydrogen-bond acceptors (Lipinski definition) is 7. The van der Waals surface area contributed by atoms with Gasteiger partial charge in [-0.2, -0.15) is 9.61 Å². The molecule has 11 heteroatoms. The van der Waals surface area contributed by atoms with Gasteiger partial charge < -0.3 is 10.6 Å². The minimum absolute atomic E-state index is 0.0669. The molecule has 0 aliphatic heterocycles. The van der Waals surface area contributed by atoms with E-state index in [-0.39, 0.29) is 11.5 Å².